The number of nitrogens with one attached hydrogen (secondary N) is 2. The number of benzene rings is 3. The summed E-state index contributed by atoms with van der Waals surface area (Å²) >= 11 is 0. The molecule has 3 saturated carbocycles. The molecule has 0 aromatic heterocycles. The summed E-state index contributed by atoms with van der Waals surface area (Å²) in [5, 5.41) is 6.33. The molecule has 2 aliphatic heterocycles. The molecule has 5 aliphatic rings. The lowest BCUT2D eigenvalue weighted by molar-refractivity contribution is -0.199. The van der Waals surface area contributed by atoms with Crippen LogP contribution < -0.4 is 10.6 Å². The maximum atomic E-state index is 15.0. The lowest BCUT2D eigenvalue weighted by atomic mass is 9.43. The van der Waals surface area contributed by atoms with Crippen molar-refractivity contribution < 1.29 is 28.4 Å². The van der Waals surface area contributed by atoms with Gasteiger partial charge in [-0.25, -0.2) is 4.79 Å². The van der Waals surface area contributed by atoms with E-state index in [0.717, 1.165) is 36.0 Å². The Morgan fingerprint density at radius 2 is 1.52 bits per heavy atom. The van der Waals surface area contributed by atoms with Crippen molar-refractivity contribution in [1.82, 2.24) is 15.5 Å². The van der Waals surface area contributed by atoms with Crippen LogP contribution in [-0.2, 0) is 30.2 Å². The van der Waals surface area contributed by atoms with Gasteiger partial charge in [0.15, 0.2) is 0 Å². The van der Waals surface area contributed by atoms with Gasteiger partial charge in [0.05, 0.1) is 17.6 Å². The van der Waals surface area contributed by atoms with E-state index in [1.54, 1.807) is 4.90 Å². The highest BCUT2D eigenvalue weighted by molar-refractivity contribution is 6.48. The first-order valence-corrected chi connectivity index (χ1v) is 19.8. The number of ether oxygens (including phenoxy) is 1. The van der Waals surface area contributed by atoms with Gasteiger partial charge in [-0.05, 0) is 78.4 Å². The number of carbonyl (C=O) groups is 3. The summed E-state index contributed by atoms with van der Waals surface area (Å²) in [6.07, 6.45) is 3.34. The first kappa shape index (κ1) is 38.1. The van der Waals surface area contributed by atoms with Gasteiger partial charge in [-0.3, -0.25) is 9.59 Å². The van der Waals surface area contributed by atoms with E-state index in [4.69, 9.17) is 14.0 Å². The smallest absolute Gasteiger partial charge is 0.445 e. The Morgan fingerprint density at radius 1 is 0.907 bits per heavy atom. The highest BCUT2D eigenvalue weighted by atomic mass is 16.7. The predicted octanol–water partition coefficient (Wildman–Crippen LogP) is 7.29. The number of amides is 3. The normalized spacial score (nSPS) is 26.7. The molecule has 3 aliphatic carbocycles. The molecular weight excluding hydrogens is 677 g/mol. The van der Waals surface area contributed by atoms with Gasteiger partial charge in [-0.1, -0.05) is 126 Å². The van der Waals surface area contributed by atoms with E-state index in [9.17, 15) is 14.4 Å². The van der Waals surface area contributed by atoms with Crippen molar-refractivity contribution in [3.05, 3.63) is 108 Å². The Hall–Kier alpha value is -4.15. The molecule has 1 unspecified atom stereocenters. The Bertz CT molecular complexity index is 1750. The molecule has 2 saturated heterocycles. The maximum absolute atomic E-state index is 15.0. The maximum Gasteiger partial charge on any atom is 0.482 e. The van der Waals surface area contributed by atoms with Gasteiger partial charge >= 0.3 is 13.2 Å². The second kappa shape index (κ2) is 15.2. The zero-order chi connectivity index (χ0) is 38.3. The zero-order valence-corrected chi connectivity index (χ0v) is 32.6. The lowest BCUT2D eigenvalue weighted by Gasteiger charge is -2.64. The average Bonchev–Trinajstić information content (AvgIpc) is 3.81. The molecule has 2 heterocycles. The number of alkyl carbamates (subject to hydrolysis) is 1. The minimum absolute atomic E-state index is 0.0164. The van der Waals surface area contributed by atoms with Gasteiger partial charge in [0.2, 0.25) is 11.8 Å². The van der Waals surface area contributed by atoms with Crippen LogP contribution in [0.25, 0.3) is 0 Å². The second-order valence-electron chi connectivity index (χ2n) is 17.3. The molecular formula is C44H56BN3O6. The summed E-state index contributed by atoms with van der Waals surface area (Å²) in [6.45, 7) is 13.7. The summed E-state index contributed by atoms with van der Waals surface area (Å²) < 4.78 is 19.3. The van der Waals surface area contributed by atoms with Crippen LogP contribution in [0.5, 0.6) is 0 Å². The van der Waals surface area contributed by atoms with Crippen LogP contribution in [0.15, 0.2) is 91.0 Å². The molecule has 3 aromatic rings. The van der Waals surface area contributed by atoms with Crippen LogP contribution >= 0.6 is 0 Å². The van der Waals surface area contributed by atoms with Crippen molar-refractivity contribution in [2.24, 2.45) is 22.7 Å². The van der Waals surface area contributed by atoms with Crippen LogP contribution in [-0.4, -0.2) is 66.2 Å². The molecule has 8 rings (SSSR count). The number of hydrogen-bond donors (Lipinski definition) is 2. The molecule has 7 atom stereocenters. The quantitative estimate of drug-likeness (QED) is 0.190. The molecule has 0 radical (unpaired) electrons. The molecule has 10 heteroatoms. The van der Waals surface area contributed by atoms with E-state index < -0.39 is 42.8 Å². The molecule has 2 N–H and O–H groups in total. The third kappa shape index (κ3) is 7.19. The van der Waals surface area contributed by atoms with Gasteiger partial charge in [0.25, 0.3) is 0 Å². The Kier molecular flexibility index (Phi) is 10.7. The van der Waals surface area contributed by atoms with E-state index >= 15 is 0 Å². The van der Waals surface area contributed by atoms with Crippen molar-refractivity contribution in [1.29, 1.82) is 0 Å². The fourth-order valence-corrected chi connectivity index (χ4v) is 9.70. The minimum atomic E-state index is -1.05. The van der Waals surface area contributed by atoms with E-state index in [1.807, 2.05) is 91.0 Å². The molecule has 286 valence electrons. The Balaban J connectivity index is 1.15. The number of rotatable bonds is 12. The minimum Gasteiger partial charge on any atom is -0.445 e. The SMILES string of the molecule is CCC(C)(C)C(NC(=O)[C@@H]1CCCN1C(=O)[C@H](NC(=O)OCc1ccccc1)C(c1ccccc1)c1ccccc1)B1O[C@@H]2C[C@@H]3C[C@@H](C3(C)C)[C@]2(C)O1. The second-order valence-corrected chi connectivity index (χ2v) is 17.3. The summed E-state index contributed by atoms with van der Waals surface area (Å²) in [5.41, 5.74) is 1.99. The summed E-state index contributed by atoms with van der Waals surface area (Å²) in [4.78, 5) is 44.7. The van der Waals surface area contributed by atoms with Gasteiger partial charge in [0, 0.05) is 12.5 Å². The third-order valence-electron chi connectivity index (χ3n) is 13.5. The summed E-state index contributed by atoms with van der Waals surface area (Å²) in [5.74, 6) is -0.527. The molecule has 54 heavy (non-hydrogen) atoms. The van der Waals surface area contributed by atoms with Gasteiger partial charge in [0.1, 0.15) is 18.7 Å². The van der Waals surface area contributed by atoms with Crippen molar-refractivity contribution in [2.45, 2.75) is 116 Å². The standard InChI is InChI=1S/C44H56BN3O6/c1-7-42(2,3)40(45-53-35-27-32-26-34(43(32,4)5)44(35,6)54-45)47-38(49)33-24-17-25-48(33)39(50)37(46-41(51)52-28-29-18-11-8-12-19-29)36(30-20-13-9-14-21-30)31-22-15-10-16-23-31/h8-16,18-23,32-37,40H,7,17,24-28H2,1-6H3,(H,46,51)(H,47,49)/t32-,33-,34-,35+,37+,40?,44-/m0/s1. The van der Waals surface area contributed by atoms with Crippen molar-refractivity contribution in [3.8, 4) is 0 Å². The first-order valence-electron chi connectivity index (χ1n) is 19.8. The lowest BCUT2D eigenvalue weighted by Crippen LogP contribution is -2.65. The average molecular weight is 734 g/mol. The van der Waals surface area contributed by atoms with E-state index in [1.165, 1.54) is 0 Å². The van der Waals surface area contributed by atoms with Gasteiger partial charge in [-0.15, -0.1) is 0 Å². The molecule has 0 spiro atoms. The highest BCUT2D eigenvalue weighted by Crippen LogP contribution is 2.66. The van der Waals surface area contributed by atoms with Crippen LogP contribution in [0.2, 0.25) is 0 Å². The number of carbonyl (C=O) groups excluding carboxylic acids is 3. The molecule has 5 fully saturated rings. The Morgan fingerprint density at radius 3 is 2.11 bits per heavy atom. The van der Waals surface area contributed by atoms with Gasteiger partial charge in [-0.2, -0.15) is 0 Å². The topological polar surface area (TPSA) is 106 Å². The van der Waals surface area contributed by atoms with E-state index in [-0.39, 0.29) is 35.4 Å². The zero-order valence-electron chi connectivity index (χ0n) is 32.6. The number of hydrogen-bond acceptors (Lipinski definition) is 6. The monoisotopic (exact) mass is 733 g/mol. The van der Waals surface area contributed by atoms with Crippen LogP contribution in [0, 0.1) is 22.7 Å². The van der Waals surface area contributed by atoms with Crippen LogP contribution in [0.1, 0.15) is 96.3 Å². The fourth-order valence-electron chi connectivity index (χ4n) is 9.70. The van der Waals surface area contributed by atoms with Crippen LogP contribution in [0.3, 0.4) is 0 Å². The van der Waals surface area contributed by atoms with E-state index in [0.29, 0.717) is 31.2 Å². The van der Waals surface area contributed by atoms with Crippen molar-refractivity contribution in [2.75, 3.05) is 6.54 Å². The molecule has 3 amide bonds. The Labute approximate surface area is 321 Å². The van der Waals surface area contributed by atoms with Crippen LogP contribution in [0.4, 0.5) is 4.79 Å². The molecule has 2 bridgehead atoms. The fraction of sp³-hybridized carbons (Fsp3) is 0.523. The molecule has 3 aromatic carbocycles. The first-order chi connectivity index (χ1) is 25.8. The number of likely N-dealkylation sites (tertiary alicyclic amines) is 1. The summed E-state index contributed by atoms with van der Waals surface area (Å²) in [7, 11) is -0.603. The van der Waals surface area contributed by atoms with Crippen molar-refractivity contribution >= 4 is 25.0 Å². The van der Waals surface area contributed by atoms with E-state index in [2.05, 4.69) is 52.2 Å². The largest absolute Gasteiger partial charge is 0.482 e. The summed E-state index contributed by atoms with van der Waals surface area (Å²) in [6, 6.07) is 27.1. The molecule has 9 nitrogen and oxygen atoms in total. The van der Waals surface area contributed by atoms with Gasteiger partial charge < -0.3 is 29.6 Å². The predicted molar refractivity (Wildman–Crippen MR) is 209 cm³/mol. The van der Waals surface area contributed by atoms with Crippen molar-refractivity contribution in [3.63, 3.8) is 0 Å². The highest BCUT2D eigenvalue weighted by Gasteiger charge is 2.69. The third-order valence-corrected chi connectivity index (χ3v) is 13.5. The number of nitrogens with zero attached hydrogens (tertiary/aromatic N) is 1.